The largest absolute Gasteiger partial charge is 0.442 e. The summed E-state index contributed by atoms with van der Waals surface area (Å²) >= 11 is 5.25. The highest BCUT2D eigenvalue weighted by atomic mass is 32.2. The lowest BCUT2D eigenvalue weighted by Crippen LogP contribution is -2.33. The Labute approximate surface area is 224 Å². The number of carbonyl (C=O) groups excluding carboxylic acids is 1. The van der Waals surface area contributed by atoms with Gasteiger partial charge in [-0.3, -0.25) is 19.8 Å². The Kier molecular flexibility index (Phi) is 6.72. The van der Waals surface area contributed by atoms with Crippen molar-refractivity contribution in [2.45, 2.75) is 44.3 Å². The lowest BCUT2D eigenvalue weighted by molar-refractivity contribution is 0.0957. The fourth-order valence-corrected chi connectivity index (χ4v) is 8.03. The molecular formula is C26H29N5O2S3. The molecule has 0 bridgehead atoms. The second kappa shape index (κ2) is 9.54. The van der Waals surface area contributed by atoms with Crippen molar-refractivity contribution >= 4 is 62.4 Å². The third-order valence-corrected chi connectivity index (χ3v) is 10.6. The number of hydrogen-bond donors (Lipinski definition) is 1. The van der Waals surface area contributed by atoms with E-state index in [2.05, 4.69) is 48.4 Å². The molecule has 188 valence electrons. The van der Waals surface area contributed by atoms with E-state index in [1.807, 2.05) is 25.1 Å². The second-order valence-electron chi connectivity index (χ2n) is 9.72. The maximum Gasteiger partial charge on any atom is 0.273 e. The quantitative estimate of drug-likeness (QED) is 0.541. The van der Waals surface area contributed by atoms with Crippen LogP contribution in [0.5, 0.6) is 0 Å². The molecule has 3 aliphatic rings. The average molecular weight is 540 g/mol. The number of aromatic nitrogens is 1. The molecule has 3 atom stereocenters. The van der Waals surface area contributed by atoms with Crippen LogP contribution in [0.25, 0.3) is 6.08 Å². The lowest BCUT2D eigenvalue weighted by Gasteiger charge is -2.21. The molecule has 1 aromatic heterocycles. The van der Waals surface area contributed by atoms with E-state index in [0.29, 0.717) is 23.1 Å². The number of aliphatic imine (C=N–C) groups is 3. The Morgan fingerprint density at radius 1 is 0.917 bits per heavy atom. The molecule has 1 N–H and O–H groups in total. The molecule has 0 radical (unpaired) electrons. The number of benzene rings is 1. The van der Waals surface area contributed by atoms with E-state index in [-0.39, 0.29) is 11.4 Å². The molecule has 3 aliphatic heterocycles. The summed E-state index contributed by atoms with van der Waals surface area (Å²) < 4.78 is 5.89. The minimum atomic E-state index is -0.635. The summed E-state index contributed by atoms with van der Waals surface area (Å²) in [7, 11) is 1.59. The highest BCUT2D eigenvalue weighted by Crippen LogP contribution is 2.46. The molecule has 0 saturated heterocycles. The minimum absolute atomic E-state index is 0.254. The van der Waals surface area contributed by atoms with Crippen LogP contribution in [0.2, 0.25) is 0 Å². The van der Waals surface area contributed by atoms with Gasteiger partial charge in [-0.25, -0.2) is 4.98 Å². The smallest absolute Gasteiger partial charge is 0.273 e. The van der Waals surface area contributed by atoms with E-state index in [0.717, 1.165) is 32.2 Å². The van der Waals surface area contributed by atoms with Crippen LogP contribution in [0.1, 0.15) is 48.5 Å². The first-order valence-electron chi connectivity index (χ1n) is 11.8. The number of hydrogen-bond acceptors (Lipinski definition) is 9. The summed E-state index contributed by atoms with van der Waals surface area (Å²) in [6.07, 6.45) is 4.20. The molecular weight excluding hydrogens is 511 g/mol. The third kappa shape index (κ3) is 4.70. The molecule has 0 saturated carbocycles. The topological polar surface area (TPSA) is 92.2 Å². The van der Waals surface area contributed by atoms with Crippen molar-refractivity contribution in [3.8, 4) is 0 Å². The van der Waals surface area contributed by atoms with E-state index in [9.17, 15) is 4.79 Å². The first-order valence-corrected chi connectivity index (χ1v) is 14.7. The van der Waals surface area contributed by atoms with Gasteiger partial charge in [0.25, 0.3) is 5.91 Å². The van der Waals surface area contributed by atoms with E-state index in [1.54, 1.807) is 49.3 Å². The predicted molar refractivity (Wildman–Crippen MR) is 154 cm³/mol. The average Bonchev–Trinajstić information content (AvgIpc) is 3.65. The van der Waals surface area contributed by atoms with Crippen molar-refractivity contribution in [1.82, 2.24) is 10.3 Å². The van der Waals surface area contributed by atoms with Crippen molar-refractivity contribution in [3.63, 3.8) is 0 Å². The normalized spacial score (nSPS) is 30.0. The van der Waals surface area contributed by atoms with Crippen molar-refractivity contribution in [2.75, 3.05) is 24.3 Å². The third-order valence-electron chi connectivity index (χ3n) is 6.37. The molecule has 36 heavy (non-hydrogen) atoms. The summed E-state index contributed by atoms with van der Waals surface area (Å²) in [4.78, 5) is 31.9. The zero-order valence-electron chi connectivity index (χ0n) is 21.0. The van der Waals surface area contributed by atoms with Gasteiger partial charge in [0.05, 0.1) is 15.1 Å². The molecule has 0 fully saturated rings. The van der Waals surface area contributed by atoms with Gasteiger partial charge in [-0.15, -0.1) is 35.3 Å². The zero-order chi connectivity index (χ0) is 25.6. The van der Waals surface area contributed by atoms with E-state index >= 15 is 0 Å². The van der Waals surface area contributed by atoms with Crippen LogP contribution in [0.3, 0.4) is 0 Å². The van der Waals surface area contributed by atoms with Crippen LogP contribution in [-0.4, -0.2) is 61.4 Å². The fraction of sp³-hybridized carbons (Fsp3) is 0.423. The summed E-state index contributed by atoms with van der Waals surface area (Å²) in [5.41, 5.74) is 0.0893. The maximum atomic E-state index is 12.1. The Balaban J connectivity index is 1.36. The molecule has 1 amide bonds. The van der Waals surface area contributed by atoms with Gasteiger partial charge >= 0.3 is 0 Å². The molecule has 10 heteroatoms. The predicted octanol–water partition coefficient (Wildman–Crippen LogP) is 5.22. The SMILES string of the molecule is CNC(=O)c1nc([C@]2(C)CSC([C@]3(C)CSC([C@]4(C)CSC(C=Cc5ccccc5)=N4)=N3)=N2)oc1C. The van der Waals surface area contributed by atoms with Crippen molar-refractivity contribution in [1.29, 1.82) is 0 Å². The highest BCUT2D eigenvalue weighted by molar-refractivity contribution is 8.17. The molecule has 5 rings (SSSR count). The number of rotatable bonds is 6. The summed E-state index contributed by atoms with van der Waals surface area (Å²) in [5.74, 6) is 3.11. The number of nitrogens with zero attached hydrogens (tertiary/aromatic N) is 4. The number of amides is 1. The number of thioether (sulfide) groups is 3. The van der Waals surface area contributed by atoms with Crippen LogP contribution in [-0.2, 0) is 5.54 Å². The monoisotopic (exact) mass is 539 g/mol. The van der Waals surface area contributed by atoms with Gasteiger partial charge in [-0.2, -0.15) is 0 Å². The molecule has 2 aromatic rings. The first-order chi connectivity index (χ1) is 17.1. The molecule has 0 spiro atoms. The molecule has 0 aliphatic carbocycles. The van der Waals surface area contributed by atoms with Gasteiger partial charge in [-0.1, -0.05) is 36.4 Å². The Morgan fingerprint density at radius 2 is 1.53 bits per heavy atom. The summed E-state index contributed by atoms with van der Waals surface area (Å²) in [5, 5.41) is 5.69. The van der Waals surface area contributed by atoms with Gasteiger partial charge in [0.15, 0.2) is 5.69 Å². The van der Waals surface area contributed by atoms with Gasteiger partial charge in [-0.05, 0) is 39.3 Å². The van der Waals surface area contributed by atoms with Gasteiger partial charge < -0.3 is 9.73 Å². The van der Waals surface area contributed by atoms with Crippen molar-refractivity contribution < 1.29 is 9.21 Å². The number of carbonyl (C=O) groups is 1. The molecule has 7 nitrogen and oxygen atoms in total. The first kappa shape index (κ1) is 25.4. The summed E-state index contributed by atoms with van der Waals surface area (Å²) in [6, 6.07) is 10.3. The fourth-order valence-electron chi connectivity index (χ4n) is 4.17. The Morgan fingerprint density at radius 3 is 2.22 bits per heavy atom. The number of nitrogens with one attached hydrogen (secondary N) is 1. The Hall–Kier alpha value is -2.30. The Bertz CT molecular complexity index is 1320. The van der Waals surface area contributed by atoms with Crippen molar-refractivity contribution in [2.24, 2.45) is 15.0 Å². The van der Waals surface area contributed by atoms with Crippen LogP contribution in [0.4, 0.5) is 0 Å². The highest BCUT2D eigenvalue weighted by Gasteiger charge is 2.48. The second-order valence-corrected chi connectivity index (χ2v) is 12.6. The van der Waals surface area contributed by atoms with Crippen LogP contribution >= 0.6 is 35.3 Å². The van der Waals surface area contributed by atoms with Crippen molar-refractivity contribution in [3.05, 3.63) is 59.3 Å². The van der Waals surface area contributed by atoms with Crippen LogP contribution in [0.15, 0.2) is 55.8 Å². The van der Waals surface area contributed by atoms with E-state index in [4.69, 9.17) is 19.4 Å². The lowest BCUT2D eigenvalue weighted by atomic mass is 10.0. The van der Waals surface area contributed by atoms with E-state index in [1.165, 1.54) is 0 Å². The molecule has 4 heterocycles. The molecule has 1 aromatic carbocycles. The zero-order valence-corrected chi connectivity index (χ0v) is 23.4. The standard InChI is InChI=1S/C26H29N5O2S3/c1-16-19(20(32)27-5)28-21(33-16)24(2)13-35-23(30-24)26(4)15-36-22(31-26)25(3)14-34-18(29-25)12-11-17-9-7-6-8-10-17/h6-12H,13-15H2,1-5H3,(H,27,32)/t24-,25-,26-/m0/s1. The maximum absolute atomic E-state index is 12.1. The number of oxazole rings is 1. The van der Waals surface area contributed by atoms with Gasteiger partial charge in [0.1, 0.15) is 22.4 Å². The van der Waals surface area contributed by atoms with Crippen LogP contribution in [0, 0.1) is 6.92 Å². The summed E-state index contributed by atoms with van der Waals surface area (Å²) in [6.45, 7) is 8.08. The van der Waals surface area contributed by atoms with Crippen LogP contribution < -0.4 is 5.32 Å². The van der Waals surface area contributed by atoms with Gasteiger partial charge in [0, 0.05) is 24.3 Å². The minimum Gasteiger partial charge on any atom is -0.442 e. The molecule has 0 unspecified atom stereocenters. The number of aryl methyl sites for hydroxylation is 1. The van der Waals surface area contributed by atoms with Gasteiger partial charge in [0.2, 0.25) is 5.89 Å². The van der Waals surface area contributed by atoms with E-state index < -0.39 is 11.1 Å².